The van der Waals surface area contributed by atoms with Gasteiger partial charge in [0.25, 0.3) is 5.56 Å². The number of rotatable bonds is 1. The van der Waals surface area contributed by atoms with Crippen molar-refractivity contribution in [2.24, 2.45) is 0 Å². The molecule has 1 aromatic heterocycles. The van der Waals surface area contributed by atoms with Gasteiger partial charge in [-0.3, -0.25) is 4.79 Å². The Hall–Kier alpha value is -2.03. The zero-order chi connectivity index (χ0) is 11.5. The van der Waals surface area contributed by atoms with Crippen LogP contribution in [-0.4, -0.2) is 4.98 Å². The number of nitriles is 1. The summed E-state index contributed by atoms with van der Waals surface area (Å²) in [6, 6.07) is 2.27. The van der Waals surface area contributed by atoms with E-state index >= 15 is 0 Å². The molecule has 0 saturated heterocycles. The summed E-state index contributed by atoms with van der Waals surface area (Å²) in [7, 11) is 0. The van der Waals surface area contributed by atoms with Crippen LogP contribution >= 0.6 is 0 Å². The molecule has 1 heterocycles. The Labute approximate surface area is 82.5 Å². The smallest absolute Gasteiger partial charge is 0.328 e. The molecule has 0 aliphatic rings. The van der Waals surface area contributed by atoms with Crippen LogP contribution in [0.5, 0.6) is 0 Å². The number of aromatic amines is 1. The molecule has 0 bridgehead atoms. The maximum absolute atomic E-state index is 12.2. The molecular weight excluding hydrogens is 209 g/mol. The predicted molar refractivity (Wildman–Crippen MR) is 46.7 cm³/mol. The highest BCUT2D eigenvalue weighted by atomic mass is 19.4. The molecule has 78 valence electrons. The fourth-order valence-corrected chi connectivity index (χ4v) is 0.916. The van der Waals surface area contributed by atoms with E-state index < -0.39 is 17.3 Å². The van der Waals surface area contributed by atoms with Crippen LogP contribution in [0.4, 0.5) is 13.2 Å². The fourth-order valence-electron chi connectivity index (χ4n) is 0.916. The van der Waals surface area contributed by atoms with Crippen LogP contribution in [0.2, 0.25) is 0 Å². The highest BCUT2D eigenvalue weighted by Crippen LogP contribution is 2.28. The Kier molecular flexibility index (Phi) is 2.95. The Balaban J connectivity index is 3.24. The first-order chi connectivity index (χ1) is 6.95. The van der Waals surface area contributed by atoms with Gasteiger partial charge in [0.1, 0.15) is 0 Å². The molecule has 0 aliphatic heterocycles. The van der Waals surface area contributed by atoms with Gasteiger partial charge in [-0.1, -0.05) is 0 Å². The van der Waals surface area contributed by atoms with Gasteiger partial charge >= 0.3 is 6.18 Å². The molecule has 6 heteroatoms. The summed E-state index contributed by atoms with van der Waals surface area (Å²) in [4.78, 5) is 13.0. The summed E-state index contributed by atoms with van der Waals surface area (Å²) in [5.74, 6) is 0. The maximum atomic E-state index is 12.2. The van der Waals surface area contributed by atoms with Gasteiger partial charge in [0.05, 0.1) is 11.6 Å². The monoisotopic (exact) mass is 214 g/mol. The molecule has 0 aliphatic carbocycles. The van der Waals surface area contributed by atoms with E-state index in [4.69, 9.17) is 5.26 Å². The van der Waals surface area contributed by atoms with Crippen molar-refractivity contribution in [2.75, 3.05) is 0 Å². The first kappa shape index (κ1) is 11.0. The summed E-state index contributed by atoms with van der Waals surface area (Å²) < 4.78 is 36.6. The second-order valence-corrected chi connectivity index (χ2v) is 2.63. The van der Waals surface area contributed by atoms with Crippen molar-refractivity contribution in [3.8, 4) is 6.07 Å². The number of nitrogens with one attached hydrogen (secondary N) is 1. The van der Waals surface area contributed by atoms with Crippen molar-refractivity contribution in [1.29, 1.82) is 5.26 Å². The van der Waals surface area contributed by atoms with Crippen LogP contribution < -0.4 is 5.56 Å². The van der Waals surface area contributed by atoms with Crippen LogP contribution in [0.25, 0.3) is 6.08 Å². The Bertz CT molecular complexity index is 479. The van der Waals surface area contributed by atoms with E-state index in [0.717, 1.165) is 12.2 Å². The minimum absolute atomic E-state index is 0.202. The van der Waals surface area contributed by atoms with E-state index in [2.05, 4.69) is 0 Å². The summed E-state index contributed by atoms with van der Waals surface area (Å²) >= 11 is 0. The Morgan fingerprint density at radius 3 is 2.67 bits per heavy atom. The predicted octanol–water partition coefficient (Wildman–Crippen LogP) is 1.93. The Morgan fingerprint density at radius 1 is 1.47 bits per heavy atom. The molecule has 0 unspecified atom stereocenters. The number of allylic oxidation sites excluding steroid dienone is 1. The number of hydrogen-bond acceptors (Lipinski definition) is 2. The van der Waals surface area contributed by atoms with Crippen LogP contribution in [0, 0.1) is 11.3 Å². The number of aromatic nitrogens is 1. The minimum atomic E-state index is -4.51. The van der Waals surface area contributed by atoms with Gasteiger partial charge in [-0.15, -0.1) is 0 Å². The third-order valence-electron chi connectivity index (χ3n) is 1.60. The average Bonchev–Trinajstić information content (AvgIpc) is 2.15. The molecule has 1 N–H and O–H groups in total. The number of hydrogen-bond donors (Lipinski definition) is 1. The average molecular weight is 214 g/mol. The second kappa shape index (κ2) is 4.00. The number of nitrogens with zero attached hydrogens (tertiary/aromatic N) is 1. The molecule has 3 nitrogen and oxygen atoms in total. The van der Waals surface area contributed by atoms with Crippen LogP contribution in [0.3, 0.4) is 0 Å². The van der Waals surface area contributed by atoms with E-state index in [-0.39, 0.29) is 5.56 Å². The lowest BCUT2D eigenvalue weighted by molar-refractivity contribution is -0.137. The van der Waals surface area contributed by atoms with Crippen LogP contribution in [0.15, 0.2) is 23.1 Å². The van der Waals surface area contributed by atoms with Crippen molar-refractivity contribution < 1.29 is 13.2 Å². The molecular formula is C9H5F3N2O. The van der Waals surface area contributed by atoms with Crippen molar-refractivity contribution in [3.63, 3.8) is 0 Å². The van der Waals surface area contributed by atoms with Crippen LogP contribution in [0.1, 0.15) is 11.1 Å². The van der Waals surface area contributed by atoms with Gasteiger partial charge in [0.2, 0.25) is 0 Å². The van der Waals surface area contributed by atoms with E-state index in [1.807, 2.05) is 4.98 Å². The topological polar surface area (TPSA) is 56.6 Å². The minimum Gasteiger partial charge on any atom is -0.328 e. The quantitative estimate of drug-likeness (QED) is 0.726. The maximum Gasteiger partial charge on any atom is 0.417 e. The normalized spacial score (nSPS) is 11.6. The van der Waals surface area contributed by atoms with Gasteiger partial charge < -0.3 is 4.98 Å². The van der Waals surface area contributed by atoms with Crippen molar-refractivity contribution in [1.82, 2.24) is 4.98 Å². The van der Waals surface area contributed by atoms with Gasteiger partial charge in [0, 0.05) is 17.8 Å². The molecule has 1 rings (SSSR count). The first-order valence-corrected chi connectivity index (χ1v) is 3.81. The van der Waals surface area contributed by atoms with E-state index in [1.165, 1.54) is 0 Å². The molecule has 0 atom stereocenters. The molecule has 0 radical (unpaired) electrons. The molecule has 0 spiro atoms. The fraction of sp³-hybridized carbons (Fsp3) is 0.111. The summed E-state index contributed by atoms with van der Waals surface area (Å²) in [5, 5.41) is 8.18. The summed E-state index contributed by atoms with van der Waals surface area (Å²) in [5.41, 5.74) is -1.83. The number of H-pyrrole nitrogens is 1. The molecule has 0 amide bonds. The van der Waals surface area contributed by atoms with Gasteiger partial charge in [-0.2, -0.15) is 18.4 Å². The molecule has 0 aromatic carbocycles. The van der Waals surface area contributed by atoms with E-state index in [0.29, 0.717) is 12.3 Å². The third kappa shape index (κ3) is 2.71. The third-order valence-corrected chi connectivity index (χ3v) is 1.60. The molecule has 0 fully saturated rings. The summed E-state index contributed by atoms with van der Waals surface area (Å²) in [6.45, 7) is 0. The number of pyridine rings is 1. The molecule has 15 heavy (non-hydrogen) atoms. The largest absolute Gasteiger partial charge is 0.417 e. The lowest BCUT2D eigenvalue weighted by Crippen LogP contribution is -2.14. The highest BCUT2D eigenvalue weighted by Gasteiger charge is 2.31. The van der Waals surface area contributed by atoms with Crippen molar-refractivity contribution in [3.05, 3.63) is 39.8 Å². The van der Waals surface area contributed by atoms with E-state index in [9.17, 15) is 18.0 Å². The van der Waals surface area contributed by atoms with Crippen molar-refractivity contribution in [2.45, 2.75) is 6.18 Å². The number of alkyl halides is 3. The standard InChI is InChI=1S/C9H5F3N2O/c10-9(11,12)7-4-6(2-1-3-13)8(15)14-5-7/h1-2,4-5H,(H,14,15). The summed E-state index contributed by atoms with van der Waals surface area (Å²) in [6.07, 6.45) is -1.97. The van der Waals surface area contributed by atoms with Gasteiger partial charge in [-0.05, 0) is 12.1 Å². The molecule has 0 saturated carbocycles. The zero-order valence-electron chi connectivity index (χ0n) is 7.30. The second-order valence-electron chi connectivity index (χ2n) is 2.63. The number of halogens is 3. The highest BCUT2D eigenvalue weighted by molar-refractivity contribution is 5.51. The zero-order valence-corrected chi connectivity index (χ0v) is 7.30. The van der Waals surface area contributed by atoms with Crippen molar-refractivity contribution >= 4 is 6.08 Å². The van der Waals surface area contributed by atoms with Gasteiger partial charge in [0.15, 0.2) is 0 Å². The first-order valence-electron chi connectivity index (χ1n) is 3.81. The van der Waals surface area contributed by atoms with Gasteiger partial charge in [-0.25, -0.2) is 0 Å². The SMILES string of the molecule is N#CC=Cc1cc(C(F)(F)F)c[nH]c1=O. The van der Waals surface area contributed by atoms with E-state index in [1.54, 1.807) is 6.07 Å². The lowest BCUT2D eigenvalue weighted by atomic mass is 10.2. The van der Waals surface area contributed by atoms with Crippen LogP contribution in [-0.2, 0) is 6.18 Å². The Morgan fingerprint density at radius 2 is 2.13 bits per heavy atom. The lowest BCUT2D eigenvalue weighted by Gasteiger charge is -2.05. The molecule has 1 aromatic rings.